The number of nitrogens with one attached hydrogen (secondary N) is 1. The van der Waals surface area contributed by atoms with E-state index in [0.29, 0.717) is 0 Å². The van der Waals surface area contributed by atoms with Gasteiger partial charge in [0.15, 0.2) is 29.8 Å². The van der Waals surface area contributed by atoms with E-state index in [-0.39, 0.29) is 11.5 Å². The van der Waals surface area contributed by atoms with Gasteiger partial charge in [-0.15, -0.1) is 0 Å². The molecule has 1 aromatic carbocycles. The zero-order valence-electron chi connectivity index (χ0n) is 22.3. The van der Waals surface area contributed by atoms with Crippen LogP contribution in [0.25, 0.3) is 0 Å². The van der Waals surface area contributed by atoms with Gasteiger partial charge in [0.25, 0.3) is 11.5 Å². The Morgan fingerprint density at radius 3 is 2.55 bits per heavy atom. The third-order valence-corrected chi connectivity index (χ3v) is 6.83. The van der Waals surface area contributed by atoms with Gasteiger partial charge in [-0.05, 0) is 32.9 Å². The predicted molar refractivity (Wildman–Crippen MR) is 136 cm³/mol. The monoisotopic (exact) mass is 584 g/mol. The third kappa shape index (κ3) is 7.10. The Balaban J connectivity index is 1.67. The summed E-state index contributed by atoms with van der Waals surface area (Å²) in [5, 5.41) is 10.5. The van der Waals surface area contributed by atoms with E-state index in [0.717, 1.165) is 23.8 Å². The topological polar surface area (TPSA) is 185 Å². The highest BCUT2D eigenvalue weighted by Crippen LogP contribution is 2.41. The van der Waals surface area contributed by atoms with Gasteiger partial charge in [-0.25, -0.2) is 14.0 Å². The van der Waals surface area contributed by atoms with Crippen molar-refractivity contribution in [2.45, 2.75) is 57.0 Å². The zero-order valence-corrected chi connectivity index (χ0v) is 23.2. The second-order valence-electron chi connectivity index (χ2n) is 9.33. The summed E-state index contributed by atoms with van der Waals surface area (Å²) in [6.07, 6.45) is -4.52. The highest BCUT2D eigenvalue weighted by Gasteiger charge is 2.55. The molecule has 0 saturated carbocycles. The van der Waals surface area contributed by atoms with Gasteiger partial charge in [0.2, 0.25) is 5.75 Å². The predicted octanol–water partition coefficient (Wildman–Crippen LogP) is 0.245. The van der Waals surface area contributed by atoms with Crippen LogP contribution < -0.4 is 25.4 Å². The van der Waals surface area contributed by atoms with E-state index in [1.807, 2.05) is 4.98 Å². The molecule has 1 aromatic heterocycles. The molecular weight excluding hydrogens is 554 g/mol. The van der Waals surface area contributed by atoms with Crippen LogP contribution >= 0.6 is 8.17 Å². The molecule has 1 fully saturated rings. The van der Waals surface area contributed by atoms with E-state index in [1.54, 1.807) is 12.1 Å². The Labute approximate surface area is 228 Å². The van der Waals surface area contributed by atoms with Crippen LogP contribution in [0.15, 0.2) is 50.9 Å². The molecule has 0 bridgehead atoms. The van der Waals surface area contributed by atoms with Gasteiger partial charge in [0.05, 0.1) is 0 Å². The number of para-hydroxylation sites is 2. The molecule has 1 saturated heterocycles. The van der Waals surface area contributed by atoms with E-state index in [4.69, 9.17) is 18.7 Å². The molecule has 1 unspecified atom stereocenters. The molecule has 218 valence electrons. The SMILES string of the molecule is C[C@H](N=[P+]([O-])Oc1ccccc1OC[C@H]1O[C@@H](n2ccc(=O)[nH]c2=O)[C@](C)(F)[C@@H]1O)C(=O)O[C@@H](C)C(=O)N(C)C. The van der Waals surface area contributed by atoms with Crippen LogP contribution in [0.5, 0.6) is 11.5 Å². The number of aliphatic hydroxyl groups is 1. The second kappa shape index (κ2) is 12.7. The first-order valence-corrected chi connectivity index (χ1v) is 13.2. The van der Waals surface area contributed by atoms with Gasteiger partial charge < -0.3 is 29.1 Å². The molecule has 1 aliphatic rings. The number of hydrogen-bond donors (Lipinski definition) is 2. The molecule has 1 amide bonds. The molecule has 40 heavy (non-hydrogen) atoms. The maximum absolute atomic E-state index is 15.4. The Morgan fingerprint density at radius 2 is 1.93 bits per heavy atom. The lowest BCUT2D eigenvalue weighted by Gasteiger charge is -2.24. The lowest BCUT2D eigenvalue weighted by molar-refractivity contribution is -0.170. The van der Waals surface area contributed by atoms with Crippen LogP contribution in [0.1, 0.15) is 27.0 Å². The van der Waals surface area contributed by atoms with Crippen molar-refractivity contribution in [3.8, 4) is 11.5 Å². The number of rotatable bonds is 10. The van der Waals surface area contributed by atoms with Crippen molar-refractivity contribution in [1.29, 1.82) is 0 Å². The van der Waals surface area contributed by atoms with Crippen LogP contribution in [0.4, 0.5) is 4.39 Å². The smallest absolute Gasteiger partial charge is 0.395 e. The van der Waals surface area contributed by atoms with Gasteiger partial charge in [0, 0.05) is 26.4 Å². The maximum atomic E-state index is 15.4. The summed E-state index contributed by atoms with van der Waals surface area (Å²) < 4.78 is 41.6. The first-order chi connectivity index (χ1) is 18.7. The lowest BCUT2D eigenvalue weighted by Crippen LogP contribution is -2.43. The summed E-state index contributed by atoms with van der Waals surface area (Å²) in [6.45, 7) is 3.37. The number of ether oxygens (including phenoxy) is 3. The number of aromatic amines is 1. The number of H-pyrrole nitrogens is 1. The third-order valence-electron chi connectivity index (χ3n) is 5.94. The average molecular weight is 584 g/mol. The molecule has 1 aliphatic heterocycles. The number of carbonyl (C=O) groups is 2. The van der Waals surface area contributed by atoms with Gasteiger partial charge >= 0.3 is 19.8 Å². The highest BCUT2D eigenvalue weighted by atomic mass is 31.1. The van der Waals surface area contributed by atoms with Crippen LogP contribution in [-0.2, 0) is 19.1 Å². The Hall–Kier alpha value is -3.65. The number of likely N-dealkylation sites (N-methyl/N-ethyl adjacent to an activating group) is 1. The summed E-state index contributed by atoms with van der Waals surface area (Å²) in [4.78, 5) is 63.4. The summed E-state index contributed by atoms with van der Waals surface area (Å²) in [5.74, 6) is -1.30. The summed E-state index contributed by atoms with van der Waals surface area (Å²) in [6, 6.07) is 5.78. The van der Waals surface area contributed by atoms with Crippen molar-refractivity contribution in [1.82, 2.24) is 14.5 Å². The van der Waals surface area contributed by atoms with Crippen molar-refractivity contribution in [3.63, 3.8) is 0 Å². The summed E-state index contributed by atoms with van der Waals surface area (Å²) in [7, 11) is 0.217. The number of amides is 1. The number of halogens is 1. The van der Waals surface area contributed by atoms with E-state index < -0.39 is 74.2 Å². The number of nitrogens with zero attached hydrogens (tertiary/aromatic N) is 3. The molecule has 16 heteroatoms. The molecule has 0 radical (unpaired) electrons. The van der Waals surface area contributed by atoms with Gasteiger partial charge in [-0.3, -0.25) is 23.7 Å². The first kappa shape index (κ1) is 30.9. The quantitative estimate of drug-likeness (QED) is 0.290. The number of esters is 1. The van der Waals surface area contributed by atoms with E-state index in [1.165, 1.54) is 45.0 Å². The summed E-state index contributed by atoms with van der Waals surface area (Å²) >= 11 is 0. The minimum Gasteiger partial charge on any atom is -0.575 e. The molecular formula is C24H30FN4O10P. The number of benzene rings is 1. The van der Waals surface area contributed by atoms with Crippen molar-refractivity contribution in [3.05, 3.63) is 57.4 Å². The molecule has 2 heterocycles. The van der Waals surface area contributed by atoms with Gasteiger partial charge in [-0.1, -0.05) is 16.9 Å². The van der Waals surface area contributed by atoms with Crippen LogP contribution in [0.2, 0.25) is 0 Å². The van der Waals surface area contributed by atoms with Gasteiger partial charge in [0.1, 0.15) is 18.8 Å². The number of aromatic nitrogens is 2. The van der Waals surface area contributed by atoms with Gasteiger partial charge in [-0.2, -0.15) is 0 Å². The molecule has 2 N–H and O–H groups in total. The first-order valence-electron chi connectivity index (χ1n) is 12.1. The number of alkyl halides is 1. The van der Waals surface area contributed by atoms with Crippen LogP contribution in [0, 0.1) is 0 Å². The Morgan fingerprint density at radius 1 is 1.27 bits per heavy atom. The van der Waals surface area contributed by atoms with Crippen molar-refractivity contribution < 1.29 is 42.7 Å². The number of hydrogen-bond acceptors (Lipinski definition) is 11. The Kier molecular flexibility index (Phi) is 9.79. The normalized spacial score (nSPS) is 24.2. The fourth-order valence-electron chi connectivity index (χ4n) is 3.76. The largest absolute Gasteiger partial charge is 0.575 e. The van der Waals surface area contributed by atoms with E-state index in [9.17, 15) is 29.2 Å². The molecule has 3 rings (SSSR count). The second-order valence-corrected chi connectivity index (χ2v) is 10.2. The zero-order chi connectivity index (χ0) is 29.8. The maximum Gasteiger partial charge on any atom is 0.395 e. The van der Waals surface area contributed by atoms with Crippen molar-refractivity contribution >= 4 is 20.0 Å². The molecule has 0 aliphatic carbocycles. The average Bonchev–Trinajstić information content (AvgIpc) is 3.10. The Bertz CT molecular complexity index is 1380. The van der Waals surface area contributed by atoms with Crippen LogP contribution in [0.3, 0.4) is 0 Å². The highest BCUT2D eigenvalue weighted by molar-refractivity contribution is 7.34. The standard InChI is InChI=1S/C24H30FN4O10P/c1-13(21(33)37-14(2)20(32)28(4)5)27-40(35)39-16-9-7-6-8-15(16)36-12-17-19(31)24(3,25)22(38-17)29-11-10-18(30)26-23(29)34/h6-11,13-14,17,19,22,31H,12H2,1-5H3,(H,26,30,34)/t13-,14-,17+,19+,22+,24+/m0/s1. The van der Waals surface area contributed by atoms with E-state index in [2.05, 4.69) is 4.74 Å². The van der Waals surface area contributed by atoms with Crippen molar-refractivity contribution in [2.24, 2.45) is 4.74 Å². The fraction of sp³-hybridized carbons (Fsp3) is 0.500. The lowest BCUT2D eigenvalue weighted by atomic mass is 9.98. The fourth-order valence-corrected chi connectivity index (χ4v) is 4.51. The van der Waals surface area contributed by atoms with Crippen molar-refractivity contribution in [2.75, 3.05) is 20.7 Å². The minimum atomic E-state index is -2.80. The molecule has 7 atom stereocenters. The minimum absolute atomic E-state index is 0.0343. The molecule has 0 spiro atoms. The van der Waals surface area contributed by atoms with Crippen LogP contribution in [-0.4, -0.2) is 82.2 Å². The number of carbonyl (C=O) groups excluding carboxylic acids is 2. The van der Waals surface area contributed by atoms with E-state index >= 15 is 4.39 Å². The number of aliphatic hydroxyl groups excluding tert-OH is 1. The molecule has 14 nitrogen and oxygen atoms in total. The summed E-state index contributed by atoms with van der Waals surface area (Å²) in [5.41, 5.74) is -4.02. The molecule has 2 aromatic rings.